The second-order valence-electron chi connectivity index (χ2n) is 5.34. The van der Waals surface area contributed by atoms with Crippen LogP contribution in [0.25, 0.3) is 0 Å². The Bertz CT molecular complexity index is 373. The fourth-order valence-corrected chi connectivity index (χ4v) is 0.976. The first-order valence-corrected chi connectivity index (χ1v) is 7.68. The van der Waals surface area contributed by atoms with Crippen molar-refractivity contribution in [3.8, 4) is 0 Å². The summed E-state index contributed by atoms with van der Waals surface area (Å²) in [7, 11) is 2.54. The van der Waals surface area contributed by atoms with Crippen LogP contribution in [0.2, 0.25) is 0 Å². The molecule has 0 amide bonds. The van der Waals surface area contributed by atoms with Crippen molar-refractivity contribution in [2.24, 2.45) is 0 Å². The molecular formula is C12H25NO5S. The quantitative estimate of drug-likeness (QED) is 0.237. The van der Waals surface area contributed by atoms with Gasteiger partial charge in [0.15, 0.2) is 0 Å². The van der Waals surface area contributed by atoms with E-state index in [-0.39, 0.29) is 5.97 Å². The van der Waals surface area contributed by atoms with Gasteiger partial charge in [0.1, 0.15) is 0 Å². The van der Waals surface area contributed by atoms with E-state index < -0.39 is 10.1 Å². The molecule has 0 unspecified atom stereocenters. The molecular weight excluding hydrogens is 270 g/mol. The van der Waals surface area contributed by atoms with Crippen molar-refractivity contribution in [3.05, 3.63) is 12.2 Å². The van der Waals surface area contributed by atoms with Crippen LogP contribution in [0, 0.1) is 0 Å². The number of rotatable bonds is 6. The zero-order valence-corrected chi connectivity index (χ0v) is 13.2. The molecule has 0 N–H and O–H groups in total. The van der Waals surface area contributed by atoms with Gasteiger partial charge in [-0.15, -0.1) is 0 Å². The highest BCUT2D eigenvalue weighted by molar-refractivity contribution is 7.84. The molecule has 7 heteroatoms. The lowest BCUT2D eigenvalue weighted by molar-refractivity contribution is -0.870. The molecule has 114 valence electrons. The zero-order chi connectivity index (χ0) is 15.7. The summed E-state index contributed by atoms with van der Waals surface area (Å²) in [5, 5.41) is 0. The molecule has 19 heavy (non-hydrogen) atoms. The largest absolute Gasteiger partial charge is 0.748 e. The van der Waals surface area contributed by atoms with Gasteiger partial charge < -0.3 is 13.8 Å². The number of ether oxygens (including phenoxy) is 1. The number of quaternary nitrogens is 1. The molecule has 0 bridgehead atoms. The fraction of sp³-hybridized carbons (Fsp3) is 0.750. The van der Waals surface area contributed by atoms with Crippen LogP contribution >= 0.6 is 0 Å². The topological polar surface area (TPSA) is 83.5 Å². The molecule has 0 fully saturated rings. The molecule has 0 spiro atoms. The number of nitrogens with zero attached hydrogens (tertiary/aromatic N) is 1. The maximum Gasteiger partial charge on any atom is 0.333 e. The lowest BCUT2D eigenvalue weighted by Gasteiger charge is -2.23. The smallest absolute Gasteiger partial charge is 0.333 e. The third kappa shape index (κ3) is 26.6. The van der Waals surface area contributed by atoms with E-state index in [1.807, 2.05) is 0 Å². The zero-order valence-electron chi connectivity index (χ0n) is 12.4. The van der Waals surface area contributed by atoms with Gasteiger partial charge in [0.05, 0.1) is 44.4 Å². The average Bonchev–Trinajstić information content (AvgIpc) is 2.12. The molecule has 0 aromatic carbocycles. The molecule has 0 rings (SSSR count). The summed E-state index contributed by atoms with van der Waals surface area (Å²) in [5.74, 6) is -0.282. The van der Waals surface area contributed by atoms with E-state index in [2.05, 4.69) is 27.7 Å². The molecule has 0 saturated carbocycles. The average molecular weight is 295 g/mol. The monoisotopic (exact) mass is 295 g/mol. The lowest BCUT2D eigenvalue weighted by Crippen LogP contribution is -2.35. The Morgan fingerprint density at radius 2 is 1.68 bits per heavy atom. The second kappa shape index (κ2) is 9.06. The molecule has 0 aliphatic rings. The van der Waals surface area contributed by atoms with Crippen LogP contribution < -0.4 is 0 Å². The van der Waals surface area contributed by atoms with E-state index in [1.54, 1.807) is 6.92 Å². The van der Waals surface area contributed by atoms with Crippen LogP contribution in [0.15, 0.2) is 12.2 Å². The first kappa shape index (κ1) is 20.4. The Hall–Kier alpha value is -0.920. The van der Waals surface area contributed by atoms with Gasteiger partial charge in [-0.3, -0.25) is 0 Å². The minimum absolute atomic E-state index is 0.282. The van der Waals surface area contributed by atoms with E-state index in [0.29, 0.717) is 18.4 Å². The highest BCUT2D eigenvalue weighted by Gasteiger charge is 2.06. The van der Waals surface area contributed by atoms with Gasteiger partial charge in [0.25, 0.3) is 0 Å². The molecule has 0 aromatic rings. The first-order valence-electron chi connectivity index (χ1n) is 5.87. The second-order valence-corrected chi connectivity index (χ2v) is 6.75. The first-order chi connectivity index (χ1) is 8.33. The summed E-state index contributed by atoms with van der Waals surface area (Å²) < 4.78 is 33.2. The summed E-state index contributed by atoms with van der Waals surface area (Å²) >= 11 is 0. The number of carbonyl (C=O) groups excluding carboxylic acids is 1. The van der Waals surface area contributed by atoms with Crippen LogP contribution in [0.1, 0.15) is 19.8 Å². The minimum atomic E-state index is -3.92. The van der Waals surface area contributed by atoms with Crippen molar-refractivity contribution < 1.29 is 27.0 Å². The number of carbonyl (C=O) groups is 1. The Morgan fingerprint density at radius 3 is 2.00 bits per heavy atom. The van der Waals surface area contributed by atoms with E-state index in [0.717, 1.165) is 23.9 Å². The van der Waals surface area contributed by atoms with Gasteiger partial charge in [-0.05, 0) is 19.8 Å². The van der Waals surface area contributed by atoms with Gasteiger partial charge in [-0.2, -0.15) is 0 Å². The van der Waals surface area contributed by atoms with Crippen molar-refractivity contribution >= 4 is 16.1 Å². The Morgan fingerprint density at radius 1 is 1.26 bits per heavy atom. The van der Waals surface area contributed by atoms with Crippen LogP contribution in [0.3, 0.4) is 0 Å². The van der Waals surface area contributed by atoms with Gasteiger partial charge >= 0.3 is 5.97 Å². The fourth-order valence-electron chi connectivity index (χ4n) is 0.976. The van der Waals surface area contributed by atoms with Crippen molar-refractivity contribution in [1.82, 2.24) is 0 Å². The Labute approximate surface area is 116 Å². The normalized spacial score (nSPS) is 11.3. The summed E-state index contributed by atoms with van der Waals surface area (Å²) in [6.07, 6.45) is 2.61. The van der Waals surface area contributed by atoms with Crippen LogP contribution in [-0.4, -0.2) is 64.0 Å². The van der Waals surface area contributed by atoms with Crippen molar-refractivity contribution in [1.29, 1.82) is 0 Å². The number of unbranched alkanes of at least 4 members (excludes halogenated alkanes) is 1. The lowest BCUT2D eigenvalue weighted by atomic mass is 10.3. The molecule has 0 saturated heterocycles. The van der Waals surface area contributed by atoms with Crippen LogP contribution in [-0.2, 0) is 19.6 Å². The summed E-state index contributed by atoms with van der Waals surface area (Å²) in [6, 6.07) is 0. The SMILES string of the molecule is C=C(C)C(=O)OCCCC[N+](C)(C)C.CS(=O)(=O)[O-]. The van der Waals surface area contributed by atoms with Crippen molar-refractivity contribution in [2.75, 3.05) is 40.6 Å². The third-order valence-corrected chi connectivity index (χ3v) is 1.80. The van der Waals surface area contributed by atoms with Crippen LogP contribution in [0.4, 0.5) is 0 Å². The van der Waals surface area contributed by atoms with E-state index in [9.17, 15) is 4.79 Å². The summed E-state index contributed by atoms with van der Waals surface area (Å²) in [6.45, 7) is 6.78. The molecule has 0 aromatic heterocycles. The van der Waals surface area contributed by atoms with E-state index in [1.165, 1.54) is 0 Å². The molecule has 0 aliphatic heterocycles. The Balaban J connectivity index is 0. The highest BCUT2D eigenvalue weighted by Crippen LogP contribution is 1.99. The third-order valence-electron chi connectivity index (χ3n) is 1.80. The van der Waals surface area contributed by atoms with Gasteiger partial charge in [0, 0.05) is 11.8 Å². The number of esters is 1. The van der Waals surface area contributed by atoms with Crippen molar-refractivity contribution in [2.45, 2.75) is 19.8 Å². The standard InChI is InChI=1S/C11H22NO2.CH4O3S/c1-10(2)11(13)14-9-7-6-8-12(3,4)5;1-5(2,3)4/h1,6-9H2,2-5H3;1H3,(H,2,3,4)/q+1;/p-1. The number of hydrogen-bond acceptors (Lipinski definition) is 5. The summed E-state index contributed by atoms with van der Waals surface area (Å²) in [4.78, 5) is 11.0. The van der Waals surface area contributed by atoms with Gasteiger partial charge in [0.2, 0.25) is 0 Å². The van der Waals surface area contributed by atoms with Crippen LogP contribution in [0.5, 0.6) is 0 Å². The predicted octanol–water partition coefficient (Wildman–Crippen LogP) is 0.754. The van der Waals surface area contributed by atoms with E-state index >= 15 is 0 Å². The predicted molar refractivity (Wildman–Crippen MR) is 73.5 cm³/mol. The van der Waals surface area contributed by atoms with E-state index in [4.69, 9.17) is 17.7 Å². The molecule has 0 aliphatic carbocycles. The Kier molecular flexibility index (Phi) is 9.73. The maximum atomic E-state index is 11.0. The molecule has 0 radical (unpaired) electrons. The summed E-state index contributed by atoms with van der Waals surface area (Å²) in [5.41, 5.74) is 0.469. The van der Waals surface area contributed by atoms with Crippen molar-refractivity contribution in [3.63, 3.8) is 0 Å². The number of hydrogen-bond donors (Lipinski definition) is 0. The minimum Gasteiger partial charge on any atom is -0.748 e. The highest BCUT2D eigenvalue weighted by atomic mass is 32.2. The molecule has 6 nitrogen and oxygen atoms in total. The molecule has 0 atom stereocenters. The van der Waals surface area contributed by atoms with Gasteiger partial charge in [-0.1, -0.05) is 6.58 Å². The van der Waals surface area contributed by atoms with Gasteiger partial charge in [-0.25, -0.2) is 13.2 Å². The molecule has 0 heterocycles. The maximum absolute atomic E-state index is 11.0.